The number of benzene rings is 1. The molecule has 2 aromatic rings. The molecule has 4 nitrogen and oxygen atoms in total. The minimum atomic E-state index is -0.141. The Hall–Kier alpha value is -2.54. The smallest absolute Gasteiger partial charge is 0.228 e. The number of anilines is 1. The molecule has 1 heterocycles. The third-order valence-electron chi connectivity index (χ3n) is 4.30. The minimum absolute atomic E-state index is 0.0273. The Morgan fingerprint density at radius 3 is 2.30 bits per heavy atom. The third kappa shape index (κ3) is 3.14. The monoisotopic (exact) mass is 309 g/mol. The Kier molecular flexibility index (Phi) is 4.90. The van der Waals surface area contributed by atoms with Crippen LogP contribution in [0.15, 0.2) is 30.3 Å². The summed E-state index contributed by atoms with van der Waals surface area (Å²) >= 11 is 0. The van der Waals surface area contributed by atoms with Crippen LogP contribution in [0.5, 0.6) is 0 Å². The predicted molar refractivity (Wildman–Crippen MR) is 92.3 cm³/mol. The van der Waals surface area contributed by atoms with Crippen LogP contribution < -0.4 is 5.32 Å². The molecule has 0 bridgehead atoms. The van der Waals surface area contributed by atoms with E-state index in [4.69, 9.17) is 0 Å². The van der Waals surface area contributed by atoms with Crippen LogP contribution in [0.25, 0.3) is 0 Å². The van der Waals surface area contributed by atoms with Gasteiger partial charge in [0, 0.05) is 11.6 Å². The van der Waals surface area contributed by atoms with E-state index >= 15 is 0 Å². The molecule has 1 atom stereocenters. The number of nitrogens with one attached hydrogen (secondary N) is 1. The van der Waals surface area contributed by atoms with Crippen LogP contribution >= 0.6 is 0 Å². The fourth-order valence-corrected chi connectivity index (χ4v) is 2.71. The summed E-state index contributed by atoms with van der Waals surface area (Å²) in [7, 11) is 0. The van der Waals surface area contributed by atoms with E-state index in [9.17, 15) is 10.1 Å². The molecule has 23 heavy (non-hydrogen) atoms. The van der Waals surface area contributed by atoms with Gasteiger partial charge in [-0.3, -0.25) is 4.79 Å². The van der Waals surface area contributed by atoms with Gasteiger partial charge in [-0.2, -0.15) is 5.26 Å². The zero-order valence-electron chi connectivity index (χ0n) is 14.3. The summed E-state index contributed by atoms with van der Waals surface area (Å²) in [4.78, 5) is 12.2. The second kappa shape index (κ2) is 6.70. The maximum atomic E-state index is 12.2. The van der Waals surface area contributed by atoms with Crippen LogP contribution in [-0.4, -0.2) is 10.5 Å². The van der Waals surface area contributed by atoms with Crippen LogP contribution in [0.3, 0.4) is 0 Å². The molecule has 0 spiro atoms. The lowest BCUT2D eigenvalue weighted by Gasteiger charge is -2.21. The topological polar surface area (TPSA) is 57.8 Å². The summed E-state index contributed by atoms with van der Waals surface area (Å²) < 4.78 is 2.05. The molecule has 2 rings (SSSR count). The quantitative estimate of drug-likeness (QED) is 0.921. The highest BCUT2D eigenvalue weighted by Gasteiger charge is 2.23. The van der Waals surface area contributed by atoms with Gasteiger partial charge in [-0.1, -0.05) is 44.2 Å². The summed E-state index contributed by atoms with van der Waals surface area (Å²) in [6.07, 6.45) is 0. The van der Waals surface area contributed by atoms with Crippen molar-refractivity contribution in [2.45, 2.75) is 40.7 Å². The first-order chi connectivity index (χ1) is 10.9. The molecule has 0 fully saturated rings. The van der Waals surface area contributed by atoms with Gasteiger partial charge in [-0.05, 0) is 31.9 Å². The molecular weight excluding hydrogens is 286 g/mol. The number of amides is 1. The number of aromatic nitrogens is 1. The minimum Gasteiger partial charge on any atom is -0.323 e. The van der Waals surface area contributed by atoms with Gasteiger partial charge in [0.15, 0.2) is 0 Å². The van der Waals surface area contributed by atoms with E-state index < -0.39 is 0 Å². The van der Waals surface area contributed by atoms with Crippen molar-refractivity contribution in [2.24, 2.45) is 5.92 Å². The fourth-order valence-electron chi connectivity index (χ4n) is 2.71. The Bertz CT molecular complexity index is 751. The van der Waals surface area contributed by atoms with E-state index in [1.165, 1.54) is 0 Å². The number of nitriles is 1. The van der Waals surface area contributed by atoms with Gasteiger partial charge in [-0.25, -0.2) is 0 Å². The second-order valence-corrected chi connectivity index (χ2v) is 6.15. The van der Waals surface area contributed by atoms with Crippen molar-refractivity contribution in [3.8, 4) is 6.07 Å². The lowest BCUT2D eigenvalue weighted by Crippen LogP contribution is -2.22. The van der Waals surface area contributed by atoms with Crippen molar-refractivity contribution >= 4 is 11.7 Å². The van der Waals surface area contributed by atoms with Gasteiger partial charge in [0.25, 0.3) is 0 Å². The Morgan fingerprint density at radius 1 is 1.17 bits per heavy atom. The van der Waals surface area contributed by atoms with Gasteiger partial charge in [0.2, 0.25) is 5.91 Å². The first kappa shape index (κ1) is 16.8. The fraction of sp³-hybridized carbons (Fsp3) is 0.368. The molecule has 1 aromatic carbocycles. The largest absolute Gasteiger partial charge is 0.323 e. The summed E-state index contributed by atoms with van der Waals surface area (Å²) in [6.45, 7) is 9.67. The normalized spacial score (nSPS) is 12.0. The Morgan fingerprint density at radius 2 is 1.78 bits per heavy atom. The SMILES string of the molecule is Cc1c(C#N)c(NC(=O)C(C)C)n(C(C)c2ccccc2)c1C. The zero-order valence-corrected chi connectivity index (χ0v) is 14.3. The van der Waals surface area contributed by atoms with Crippen LogP contribution in [-0.2, 0) is 4.79 Å². The summed E-state index contributed by atoms with van der Waals surface area (Å²) in [5, 5.41) is 12.5. The van der Waals surface area contributed by atoms with Gasteiger partial charge in [0.05, 0.1) is 11.6 Å². The average Bonchev–Trinajstić information content (AvgIpc) is 2.78. The summed E-state index contributed by atoms with van der Waals surface area (Å²) in [5.41, 5.74) is 3.58. The van der Waals surface area contributed by atoms with Gasteiger partial charge >= 0.3 is 0 Å². The number of hydrogen-bond acceptors (Lipinski definition) is 2. The molecule has 0 saturated carbocycles. The highest BCUT2D eigenvalue weighted by Crippen LogP contribution is 2.32. The predicted octanol–water partition coefficient (Wildman–Crippen LogP) is 4.18. The molecular formula is C19H23N3O. The lowest BCUT2D eigenvalue weighted by molar-refractivity contribution is -0.118. The molecule has 1 N–H and O–H groups in total. The average molecular weight is 309 g/mol. The van der Waals surface area contributed by atoms with Crippen molar-refractivity contribution in [3.05, 3.63) is 52.7 Å². The van der Waals surface area contributed by atoms with E-state index in [2.05, 4.69) is 30.4 Å². The molecule has 120 valence electrons. The van der Waals surface area contributed by atoms with Crippen LogP contribution in [0.1, 0.15) is 49.2 Å². The first-order valence-corrected chi connectivity index (χ1v) is 7.85. The van der Waals surface area contributed by atoms with Gasteiger partial charge in [-0.15, -0.1) is 0 Å². The standard InChI is InChI=1S/C19H23N3O/c1-12(2)19(23)21-18-17(11-20)13(3)14(4)22(18)15(5)16-9-7-6-8-10-16/h6-10,12,15H,1-5H3,(H,21,23). The molecule has 0 aliphatic rings. The van der Waals surface area contributed by atoms with Crippen LogP contribution in [0.4, 0.5) is 5.82 Å². The third-order valence-corrected chi connectivity index (χ3v) is 4.30. The number of nitrogens with zero attached hydrogens (tertiary/aromatic N) is 2. The van der Waals surface area contributed by atoms with E-state index in [0.29, 0.717) is 11.4 Å². The molecule has 0 aliphatic heterocycles. The van der Waals surface area contributed by atoms with Crippen molar-refractivity contribution in [3.63, 3.8) is 0 Å². The number of carbonyl (C=O) groups is 1. The van der Waals surface area contributed by atoms with Crippen molar-refractivity contribution in [2.75, 3.05) is 5.32 Å². The maximum Gasteiger partial charge on any atom is 0.228 e. The maximum absolute atomic E-state index is 12.2. The van der Waals surface area contributed by atoms with E-state index in [-0.39, 0.29) is 17.9 Å². The van der Waals surface area contributed by atoms with Crippen molar-refractivity contribution in [1.82, 2.24) is 4.57 Å². The van der Waals surface area contributed by atoms with Crippen LogP contribution in [0.2, 0.25) is 0 Å². The van der Waals surface area contributed by atoms with E-state index in [0.717, 1.165) is 16.8 Å². The highest BCUT2D eigenvalue weighted by atomic mass is 16.1. The number of rotatable bonds is 4. The molecule has 0 radical (unpaired) electrons. The summed E-state index contributed by atoms with van der Waals surface area (Å²) in [5.74, 6) is 0.371. The van der Waals surface area contributed by atoms with Crippen molar-refractivity contribution in [1.29, 1.82) is 5.26 Å². The molecule has 0 aliphatic carbocycles. The van der Waals surface area contributed by atoms with E-state index in [1.807, 2.05) is 50.5 Å². The van der Waals surface area contributed by atoms with E-state index in [1.54, 1.807) is 0 Å². The Labute approximate surface area is 137 Å². The summed E-state index contributed by atoms with van der Waals surface area (Å²) in [6, 6.07) is 12.3. The van der Waals surface area contributed by atoms with Crippen LogP contribution in [0, 0.1) is 31.1 Å². The highest BCUT2D eigenvalue weighted by molar-refractivity contribution is 5.93. The number of hydrogen-bond donors (Lipinski definition) is 1. The van der Waals surface area contributed by atoms with Crippen molar-refractivity contribution < 1.29 is 4.79 Å². The molecule has 1 unspecified atom stereocenters. The van der Waals surface area contributed by atoms with Gasteiger partial charge in [0.1, 0.15) is 11.9 Å². The molecule has 1 aromatic heterocycles. The van der Waals surface area contributed by atoms with Gasteiger partial charge < -0.3 is 9.88 Å². The Balaban J connectivity index is 2.58. The first-order valence-electron chi connectivity index (χ1n) is 7.85. The second-order valence-electron chi connectivity index (χ2n) is 6.15. The molecule has 4 heteroatoms. The zero-order chi connectivity index (χ0) is 17.1. The molecule has 1 amide bonds. The molecule has 0 saturated heterocycles. The lowest BCUT2D eigenvalue weighted by atomic mass is 10.1. The number of carbonyl (C=O) groups excluding carboxylic acids is 1.